The average Bonchev–Trinajstić information content (AvgIpc) is 3.32. The van der Waals surface area contributed by atoms with Crippen LogP contribution in [0.5, 0.6) is 0 Å². The maximum Gasteiger partial charge on any atom is 0.242 e. The molecule has 1 aromatic heterocycles. The topological polar surface area (TPSA) is 109 Å². The van der Waals surface area contributed by atoms with Gasteiger partial charge in [-0.1, -0.05) is 32.0 Å². The van der Waals surface area contributed by atoms with Gasteiger partial charge in [-0.05, 0) is 68.0 Å². The van der Waals surface area contributed by atoms with Gasteiger partial charge in [0, 0.05) is 5.41 Å². The Morgan fingerprint density at radius 3 is 2.70 bits per heavy atom. The molecule has 0 spiro atoms. The van der Waals surface area contributed by atoms with Gasteiger partial charge in [0.1, 0.15) is 17.7 Å². The van der Waals surface area contributed by atoms with Gasteiger partial charge < -0.3 is 21.7 Å². The standard InChI is InChI=1S/C25H32FN5O2/c1-14(23(32)30-20-12-25(2,3)22-18(20)8-9-21(27)31-22)29-24(33)19-11-16(13-28-19)10-15-4-6-17(26)7-5-15/h4-9,14,16,19-20,28H,10-13H2,1-3H3,(H2,27,31)(H,29,33)(H,30,32)/t14?,16-,19+,20?/m0/s1. The number of hydrogen-bond acceptors (Lipinski definition) is 5. The lowest BCUT2D eigenvalue weighted by Gasteiger charge is -2.21. The van der Waals surface area contributed by atoms with Gasteiger partial charge in [-0.25, -0.2) is 9.37 Å². The lowest BCUT2D eigenvalue weighted by atomic mass is 9.90. The molecule has 2 aromatic rings. The van der Waals surface area contributed by atoms with Crippen LogP contribution in [0.25, 0.3) is 0 Å². The first-order chi connectivity index (χ1) is 15.6. The molecule has 2 amide bonds. The van der Waals surface area contributed by atoms with Crippen molar-refractivity contribution in [1.82, 2.24) is 20.9 Å². The quantitative estimate of drug-likeness (QED) is 0.537. The van der Waals surface area contributed by atoms with Gasteiger partial charge in [0.05, 0.1) is 17.8 Å². The van der Waals surface area contributed by atoms with Crippen molar-refractivity contribution in [2.75, 3.05) is 12.3 Å². The maximum atomic E-state index is 13.1. The first-order valence-electron chi connectivity index (χ1n) is 11.5. The first-order valence-corrected chi connectivity index (χ1v) is 11.5. The van der Waals surface area contributed by atoms with E-state index in [1.165, 1.54) is 12.1 Å². The fourth-order valence-corrected chi connectivity index (χ4v) is 4.95. The Kier molecular flexibility index (Phi) is 6.38. The number of anilines is 1. The first kappa shape index (κ1) is 23.2. The summed E-state index contributed by atoms with van der Waals surface area (Å²) < 4.78 is 13.1. The predicted octanol–water partition coefficient (Wildman–Crippen LogP) is 2.37. The van der Waals surface area contributed by atoms with Crippen molar-refractivity contribution >= 4 is 17.6 Å². The largest absolute Gasteiger partial charge is 0.384 e. The molecule has 2 aliphatic rings. The van der Waals surface area contributed by atoms with E-state index in [0.29, 0.717) is 18.8 Å². The number of nitrogens with one attached hydrogen (secondary N) is 3. The van der Waals surface area contributed by atoms with Gasteiger partial charge >= 0.3 is 0 Å². The Morgan fingerprint density at radius 1 is 1.24 bits per heavy atom. The van der Waals surface area contributed by atoms with Gasteiger partial charge in [0.2, 0.25) is 11.8 Å². The van der Waals surface area contributed by atoms with E-state index in [1.807, 2.05) is 6.07 Å². The van der Waals surface area contributed by atoms with Crippen LogP contribution in [-0.4, -0.2) is 35.4 Å². The Balaban J connectivity index is 1.30. The summed E-state index contributed by atoms with van der Waals surface area (Å²) in [5.74, 6) is 0.0946. The van der Waals surface area contributed by atoms with E-state index in [2.05, 4.69) is 34.8 Å². The Bertz CT molecular complexity index is 1040. The van der Waals surface area contributed by atoms with Crippen LogP contribution in [0.2, 0.25) is 0 Å². The second-order valence-electron chi connectivity index (χ2n) is 9.95. The summed E-state index contributed by atoms with van der Waals surface area (Å²) >= 11 is 0. The monoisotopic (exact) mass is 453 g/mol. The summed E-state index contributed by atoms with van der Waals surface area (Å²) in [5, 5.41) is 9.16. The number of nitrogen functional groups attached to an aromatic ring is 1. The minimum Gasteiger partial charge on any atom is -0.384 e. The fourth-order valence-electron chi connectivity index (χ4n) is 4.95. The molecule has 8 heteroatoms. The molecule has 0 bridgehead atoms. The second kappa shape index (κ2) is 9.09. The van der Waals surface area contributed by atoms with Crippen molar-refractivity contribution in [3.05, 3.63) is 59.0 Å². The zero-order chi connectivity index (χ0) is 23.8. The van der Waals surface area contributed by atoms with E-state index in [-0.39, 0.29) is 41.0 Å². The normalized spacial score (nSPS) is 24.2. The Hall–Kier alpha value is -3.00. The number of amides is 2. The summed E-state index contributed by atoms with van der Waals surface area (Å²) in [6.45, 7) is 6.58. The van der Waals surface area contributed by atoms with E-state index < -0.39 is 6.04 Å². The van der Waals surface area contributed by atoms with Crippen LogP contribution in [0.3, 0.4) is 0 Å². The number of nitrogens with zero attached hydrogens (tertiary/aromatic N) is 1. The molecule has 1 aromatic carbocycles. The number of benzene rings is 1. The van der Waals surface area contributed by atoms with Crippen LogP contribution in [0.15, 0.2) is 36.4 Å². The highest BCUT2D eigenvalue weighted by molar-refractivity contribution is 5.90. The average molecular weight is 454 g/mol. The molecule has 1 aliphatic carbocycles. The summed E-state index contributed by atoms with van der Waals surface area (Å²) in [5.41, 5.74) is 8.59. The van der Waals surface area contributed by atoms with E-state index >= 15 is 0 Å². The number of carbonyl (C=O) groups excluding carboxylic acids is 2. The minimum absolute atomic E-state index is 0.167. The van der Waals surface area contributed by atoms with E-state index in [0.717, 1.165) is 29.7 Å². The van der Waals surface area contributed by atoms with Crippen LogP contribution in [0.4, 0.5) is 10.2 Å². The maximum absolute atomic E-state index is 13.1. The molecule has 0 radical (unpaired) electrons. The molecule has 2 unspecified atom stereocenters. The van der Waals surface area contributed by atoms with E-state index in [1.54, 1.807) is 25.1 Å². The molecule has 4 rings (SSSR count). The number of rotatable bonds is 6. The van der Waals surface area contributed by atoms with Crippen molar-refractivity contribution in [1.29, 1.82) is 0 Å². The molecule has 33 heavy (non-hydrogen) atoms. The molecule has 1 saturated heterocycles. The number of carbonyl (C=O) groups is 2. The van der Waals surface area contributed by atoms with Gasteiger partial charge in [-0.2, -0.15) is 0 Å². The zero-order valence-electron chi connectivity index (χ0n) is 19.3. The van der Waals surface area contributed by atoms with Crippen LogP contribution < -0.4 is 21.7 Å². The summed E-state index contributed by atoms with van der Waals surface area (Å²) in [4.78, 5) is 30.1. The third-order valence-electron chi connectivity index (χ3n) is 6.72. The highest BCUT2D eigenvalue weighted by Gasteiger charge is 2.40. The van der Waals surface area contributed by atoms with Gasteiger partial charge in [0.25, 0.3) is 0 Å². The molecule has 1 fully saturated rings. The third kappa shape index (κ3) is 5.16. The smallest absolute Gasteiger partial charge is 0.242 e. The molecule has 0 saturated carbocycles. The van der Waals surface area contributed by atoms with Gasteiger partial charge in [-0.3, -0.25) is 9.59 Å². The fraction of sp³-hybridized carbons (Fsp3) is 0.480. The SMILES string of the molecule is CC(NC(=O)[C@H]1C[C@H](Cc2ccc(F)cc2)CN1)C(=O)NC1CC(C)(C)c2nc(N)ccc21. The summed E-state index contributed by atoms with van der Waals surface area (Å²) in [6.07, 6.45) is 2.18. The highest BCUT2D eigenvalue weighted by Crippen LogP contribution is 2.43. The predicted molar refractivity (Wildman–Crippen MR) is 125 cm³/mol. The number of aromatic nitrogens is 1. The summed E-state index contributed by atoms with van der Waals surface area (Å²) in [7, 11) is 0. The molecule has 7 nitrogen and oxygen atoms in total. The molecular weight excluding hydrogens is 421 g/mol. The zero-order valence-corrected chi connectivity index (χ0v) is 19.3. The number of nitrogens with two attached hydrogens (primary N) is 1. The van der Waals surface area contributed by atoms with Crippen LogP contribution in [0, 0.1) is 11.7 Å². The van der Waals surface area contributed by atoms with E-state index in [4.69, 9.17) is 5.73 Å². The minimum atomic E-state index is -0.663. The van der Waals surface area contributed by atoms with Crippen molar-refractivity contribution in [3.63, 3.8) is 0 Å². The van der Waals surface area contributed by atoms with Crippen LogP contribution in [0.1, 0.15) is 56.5 Å². The number of halogens is 1. The lowest BCUT2D eigenvalue weighted by Crippen LogP contribution is -2.50. The lowest BCUT2D eigenvalue weighted by molar-refractivity contribution is -0.129. The van der Waals surface area contributed by atoms with Crippen LogP contribution in [-0.2, 0) is 21.4 Å². The van der Waals surface area contributed by atoms with Crippen molar-refractivity contribution in [3.8, 4) is 0 Å². The molecule has 1 aliphatic heterocycles. The van der Waals surface area contributed by atoms with Crippen LogP contribution >= 0.6 is 0 Å². The number of hydrogen-bond donors (Lipinski definition) is 4. The Morgan fingerprint density at radius 2 is 1.97 bits per heavy atom. The van der Waals surface area contributed by atoms with Crippen molar-refractivity contribution < 1.29 is 14.0 Å². The molecule has 4 atom stereocenters. The molecular formula is C25H32FN5O2. The second-order valence-corrected chi connectivity index (χ2v) is 9.95. The third-order valence-corrected chi connectivity index (χ3v) is 6.72. The Labute approximate surface area is 193 Å². The van der Waals surface area contributed by atoms with E-state index in [9.17, 15) is 14.0 Å². The van der Waals surface area contributed by atoms with Crippen molar-refractivity contribution in [2.24, 2.45) is 5.92 Å². The van der Waals surface area contributed by atoms with Gasteiger partial charge in [-0.15, -0.1) is 0 Å². The summed E-state index contributed by atoms with van der Waals surface area (Å²) in [6, 6.07) is 8.97. The highest BCUT2D eigenvalue weighted by atomic mass is 19.1. The van der Waals surface area contributed by atoms with Crippen molar-refractivity contribution in [2.45, 2.75) is 63.6 Å². The number of pyridine rings is 1. The number of fused-ring (bicyclic) bond motifs is 1. The molecule has 5 N–H and O–H groups in total. The molecule has 176 valence electrons. The molecule has 2 heterocycles. The van der Waals surface area contributed by atoms with Gasteiger partial charge in [0.15, 0.2) is 0 Å².